The smallest absolute Gasteiger partial charge is 0.407 e. The summed E-state index contributed by atoms with van der Waals surface area (Å²) in [7, 11) is 0. The number of nitrogens with zero attached hydrogens (tertiary/aromatic N) is 3. The summed E-state index contributed by atoms with van der Waals surface area (Å²) < 4.78 is 0. The lowest BCUT2D eigenvalue weighted by Gasteiger charge is -2.33. The Balaban J connectivity index is 2.30. The van der Waals surface area contributed by atoms with Gasteiger partial charge in [0.15, 0.2) is 5.15 Å². The van der Waals surface area contributed by atoms with E-state index in [1.807, 2.05) is 0 Å². The van der Waals surface area contributed by atoms with Crippen LogP contribution in [0.15, 0.2) is 12.4 Å². The molecule has 1 N–H and O–H groups in total. The number of amides is 1. The molecule has 16 heavy (non-hydrogen) atoms. The molecule has 0 aliphatic carbocycles. The van der Waals surface area contributed by atoms with Crippen molar-refractivity contribution in [2.75, 3.05) is 6.54 Å². The Morgan fingerprint density at radius 3 is 2.88 bits per heavy atom. The van der Waals surface area contributed by atoms with Gasteiger partial charge in [-0.3, -0.25) is 9.88 Å². The Bertz CT molecular complexity index is 399. The highest BCUT2D eigenvalue weighted by Crippen LogP contribution is 2.32. The van der Waals surface area contributed by atoms with E-state index in [1.165, 1.54) is 17.3 Å². The molecule has 1 fully saturated rings. The number of hydrogen-bond acceptors (Lipinski definition) is 3. The van der Waals surface area contributed by atoms with Gasteiger partial charge < -0.3 is 5.11 Å². The zero-order valence-electron chi connectivity index (χ0n) is 8.64. The van der Waals surface area contributed by atoms with Crippen molar-refractivity contribution in [3.05, 3.63) is 23.2 Å². The second kappa shape index (κ2) is 4.65. The fraction of sp³-hybridized carbons (Fsp3) is 0.500. The van der Waals surface area contributed by atoms with E-state index in [0.717, 1.165) is 19.3 Å². The van der Waals surface area contributed by atoms with Gasteiger partial charge in [0, 0.05) is 18.9 Å². The summed E-state index contributed by atoms with van der Waals surface area (Å²) in [5.41, 5.74) is 0.561. The molecule has 1 aromatic heterocycles. The molecule has 0 radical (unpaired) electrons. The van der Waals surface area contributed by atoms with Gasteiger partial charge in [0.25, 0.3) is 0 Å². The van der Waals surface area contributed by atoms with Crippen molar-refractivity contribution in [2.45, 2.75) is 25.3 Å². The lowest BCUT2D eigenvalue weighted by molar-refractivity contribution is 0.105. The molecule has 1 aromatic rings. The van der Waals surface area contributed by atoms with Crippen LogP contribution in [0.5, 0.6) is 0 Å². The van der Waals surface area contributed by atoms with Crippen molar-refractivity contribution in [2.24, 2.45) is 0 Å². The van der Waals surface area contributed by atoms with Gasteiger partial charge in [-0.05, 0) is 19.3 Å². The number of carbonyl (C=O) groups is 1. The van der Waals surface area contributed by atoms with Crippen LogP contribution in [0.25, 0.3) is 0 Å². The number of halogens is 1. The number of carboxylic acid groups (broad SMARTS) is 1. The van der Waals surface area contributed by atoms with Crippen LogP contribution < -0.4 is 0 Å². The maximum atomic E-state index is 11.1. The van der Waals surface area contributed by atoms with E-state index in [1.54, 1.807) is 0 Å². The minimum absolute atomic E-state index is 0.257. The molecule has 0 aromatic carbocycles. The summed E-state index contributed by atoms with van der Waals surface area (Å²) in [4.78, 5) is 20.5. The first-order chi connectivity index (χ1) is 7.70. The standard InChI is InChI=1S/C10H12ClN3O2/c11-9-8(12-4-5-13-9)7-3-1-2-6-14(7)10(15)16/h4-5,7H,1-3,6H2,(H,15,16). The zero-order valence-corrected chi connectivity index (χ0v) is 9.39. The third-order valence-corrected chi connectivity index (χ3v) is 3.03. The van der Waals surface area contributed by atoms with Crippen LogP contribution >= 0.6 is 11.6 Å². The van der Waals surface area contributed by atoms with E-state index in [-0.39, 0.29) is 6.04 Å². The molecular formula is C10H12ClN3O2. The minimum atomic E-state index is -0.925. The first kappa shape index (κ1) is 11.1. The zero-order chi connectivity index (χ0) is 11.5. The predicted octanol–water partition coefficient (Wildman–Crippen LogP) is 2.33. The number of hydrogen-bond donors (Lipinski definition) is 1. The second-order valence-electron chi connectivity index (χ2n) is 3.72. The van der Waals surface area contributed by atoms with Gasteiger partial charge in [0.1, 0.15) is 5.69 Å². The molecule has 5 nitrogen and oxygen atoms in total. The van der Waals surface area contributed by atoms with E-state index in [9.17, 15) is 4.79 Å². The molecule has 86 valence electrons. The van der Waals surface area contributed by atoms with Crippen molar-refractivity contribution in [1.82, 2.24) is 14.9 Å². The summed E-state index contributed by atoms with van der Waals surface area (Å²) in [6, 6.07) is -0.257. The molecule has 6 heteroatoms. The highest BCUT2D eigenvalue weighted by molar-refractivity contribution is 6.30. The average molecular weight is 242 g/mol. The van der Waals surface area contributed by atoms with Crippen LogP contribution in [0, 0.1) is 0 Å². The second-order valence-corrected chi connectivity index (χ2v) is 4.08. The topological polar surface area (TPSA) is 66.3 Å². The first-order valence-electron chi connectivity index (χ1n) is 5.16. The summed E-state index contributed by atoms with van der Waals surface area (Å²) in [5.74, 6) is 0. The molecule has 0 saturated carbocycles. The van der Waals surface area contributed by atoms with E-state index in [2.05, 4.69) is 9.97 Å². The fourth-order valence-corrected chi connectivity index (χ4v) is 2.23. The molecule has 0 spiro atoms. The Labute approximate surface area is 98.1 Å². The van der Waals surface area contributed by atoms with E-state index in [4.69, 9.17) is 16.7 Å². The summed E-state index contributed by atoms with van der Waals surface area (Å²) >= 11 is 5.93. The molecule has 1 aliphatic heterocycles. The van der Waals surface area contributed by atoms with Gasteiger partial charge in [-0.2, -0.15) is 0 Å². The van der Waals surface area contributed by atoms with Crippen molar-refractivity contribution < 1.29 is 9.90 Å². The summed E-state index contributed by atoms with van der Waals surface area (Å²) in [5, 5.41) is 9.39. The highest BCUT2D eigenvalue weighted by Gasteiger charge is 2.30. The lowest BCUT2D eigenvalue weighted by Crippen LogP contribution is -2.38. The normalized spacial score (nSPS) is 20.8. The highest BCUT2D eigenvalue weighted by atomic mass is 35.5. The first-order valence-corrected chi connectivity index (χ1v) is 5.54. The molecular weight excluding hydrogens is 230 g/mol. The monoisotopic (exact) mass is 241 g/mol. The number of aromatic nitrogens is 2. The molecule has 1 aliphatic rings. The predicted molar refractivity (Wildman–Crippen MR) is 58.4 cm³/mol. The summed E-state index contributed by atoms with van der Waals surface area (Å²) in [6.07, 6.45) is 4.74. The lowest BCUT2D eigenvalue weighted by atomic mass is 10.0. The Morgan fingerprint density at radius 2 is 2.19 bits per heavy atom. The number of piperidine rings is 1. The minimum Gasteiger partial charge on any atom is -0.465 e. The number of rotatable bonds is 1. The molecule has 1 atom stereocenters. The molecule has 1 saturated heterocycles. The maximum Gasteiger partial charge on any atom is 0.407 e. The largest absolute Gasteiger partial charge is 0.465 e. The Kier molecular flexibility index (Phi) is 3.24. The fourth-order valence-electron chi connectivity index (χ4n) is 2.00. The van der Waals surface area contributed by atoms with Crippen LogP contribution in [-0.4, -0.2) is 32.6 Å². The van der Waals surface area contributed by atoms with Crippen molar-refractivity contribution in [3.63, 3.8) is 0 Å². The Morgan fingerprint density at radius 1 is 1.44 bits per heavy atom. The molecule has 2 rings (SSSR count). The van der Waals surface area contributed by atoms with Crippen LogP contribution in [0.2, 0.25) is 5.15 Å². The van der Waals surface area contributed by atoms with Crippen molar-refractivity contribution in [1.29, 1.82) is 0 Å². The van der Waals surface area contributed by atoms with Gasteiger partial charge in [0.2, 0.25) is 0 Å². The average Bonchev–Trinajstić information content (AvgIpc) is 2.29. The van der Waals surface area contributed by atoms with Crippen molar-refractivity contribution >= 4 is 17.7 Å². The third-order valence-electron chi connectivity index (χ3n) is 2.74. The van der Waals surface area contributed by atoms with Crippen LogP contribution in [0.1, 0.15) is 31.0 Å². The van der Waals surface area contributed by atoms with Crippen LogP contribution in [0.4, 0.5) is 4.79 Å². The van der Waals surface area contributed by atoms with Gasteiger partial charge in [-0.25, -0.2) is 9.78 Å². The maximum absolute atomic E-state index is 11.1. The van der Waals surface area contributed by atoms with Crippen molar-refractivity contribution in [3.8, 4) is 0 Å². The molecule has 0 bridgehead atoms. The Hall–Kier alpha value is -1.36. The van der Waals surface area contributed by atoms with Gasteiger partial charge >= 0.3 is 6.09 Å². The van der Waals surface area contributed by atoms with E-state index < -0.39 is 6.09 Å². The van der Waals surface area contributed by atoms with Crippen LogP contribution in [0.3, 0.4) is 0 Å². The van der Waals surface area contributed by atoms with Gasteiger partial charge in [0.05, 0.1) is 6.04 Å². The SMILES string of the molecule is O=C(O)N1CCCCC1c1nccnc1Cl. The van der Waals surface area contributed by atoms with E-state index >= 15 is 0 Å². The quantitative estimate of drug-likeness (QED) is 0.820. The van der Waals surface area contributed by atoms with E-state index in [0.29, 0.717) is 17.4 Å². The third kappa shape index (κ3) is 2.09. The van der Waals surface area contributed by atoms with Gasteiger partial charge in [-0.15, -0.1) is 0 Å². The van der Waals surface area contributed by atoms with Gasteiger partial charge in [-0.1, -0.05) is 11.6 Å². The molecule has 2 heterocycles. The molecule has 1 unspecified atom stereocenters. The number of likely N-dealkylation sites (tertiary alicyclic amines) is 1. The molecule has 1 amide bonds. The summed E-state index contributed by atoms with van der Waals surface area (Å²) in [6.45, 7) is 0.535. The van der Waals surface area contributed by atoms with Crippen LogP contribution in [-0.2, 0) is 0 Å².